The van der Waals surface area contributed by atoms with Gasteiger partial charge in [-0.15, -0.1) is 0 Å². The van der Waals surface area contributed by atoms with Gasteiger partial charge < -0.3 is 0 Å². The van der Waals surface area contributed by atoms with Crippen molar-refractivity contribution in [2.75, 3.05) is 0 Å². The van der Waals surface area contributed by atoms with Gasteiger partial charge in [0, 0.05) is 0 Å². The first-order valence-corrected chi connectivity index (χ1v) is 33.6. The molecule has 0 aliphatic heterocycles. The molecule has 0 aliphatic carbocycles. The Morgan fingerprint density at radius 1 is 0.235 bits per heavy atom. The third-order valence-electron chi connectivity index (χ3n) is 9.90. The molecule has 7 rings (SSSR count). The van der Waals surface area contributed by atoms with Crippen LogP contribution in [-0.4, -0.2) is 99.0 Å². The second-order valence-electron chi connectivity index (χ2n) is 15.6. The zero-order chi connectivity index (χ0) is 57.7. The summed E-state index contributed by atoms with van der Waals surface area (Å²) in [6, 6.07) is 43.3. The molecule has 81 heavy (non-hydrogen) atoms. The monoisotopic (exact) mass is 1420 g/mol. The Kier molecular flexibility index (Phi) is 22.0. The summed E-state index contributed by atoms with van der Waals surface area (Å²) in [7, 11) is 0. The van der Waals surface area contributed by atoms with Gasteiger partial charge >= 0.3 is 493 Å². The van der Waals surface area contributed by atoms with Crippen LogP contribution >= 0.6 is 0 Å². The van der Waals surface area contributed by atoms with E-state index in [9.17, 15) is 28.8 Å². The summed E-state index contributed by atoms with van der Waals surface area (Å²) in [4.78, 5) is 72.6. The van der Waals surface area contributed by atoms with Gasteiger partial charge in [0.15, 0.2) is 0 Å². The summed E-state index contributed by atoms with van der Waals surface area (Å²) in [6.07, 6.45) is 6.20. The molecule has 0 heterocycles. The Bertz CT molecular complexity index is 2860. The fraction of sp³-hybridized carbons (Fsp3) is 0. The molecule has 408 valence electrons. The maximum absolute atomic E-state index is 12.1. The topological polar surface area (TPSA) is 213 Å². The van der Waals surface area contributed by atoms with Crippen molar-refractivity contribution in [1.29, 1.82) is 0 Å². The summed E-state index contributed by atoms with van der Waals surface area (Å²) in [5.41, 5.74) is 0. The first-order chi connectivity index (χ1) is 39.2. The third-order valence-corrected chi connectivity index (χ3v) is 22.2. The molecule has 21 heteroatoms. The van der Waals surface area contributed by atoms with Gasteiger partial charge in [-0.2, -0.15) is 0 Å². The average molecular weight is 1420 g/mol. The zero-order valence-corrected chi connectivity index (χ0v) is 50.1. The van der Waals surface area contributed by atoms with E-state index in [1.807, 2.05) is 18.2 Å². The van der Waals surface area contributed by atoms with Crippen molar-refractivity contribution < 1.29 is 75.3 Å². The Labute approximate surface area is 489 Å². The Hall–Kier alpha value is -8.95. The molecule has 0 radical (unpaired) electrons. The molecule has 0 aliphatic rings. The van der Waals surface area contributed by atoms with E-state index < -0.39 is 99.0 Å². The molecule has 0 spiro atoms. The minimum atomic E-state index is -4.00. The predicted octanol–water partition coefficient (Wildman–Crippen LogP) is 7.79. The van der Waals surface area contributed by atoms with E-state index in [0.29, 0.717) is 45.0 Å². The number of hydrogen-bond donors (Lipinski definition) is 0. The summed E-state index contributed by atoms with van der Waals surface area (Å²) in [6.45, 7) is 20.8. The van der Waals surface area contributed by atoms with Crippen LogP contribution in [0, 0.1) is 0 Å². The number of ether oxygens (including phenoxy) is 6. The average Bonchev–Trinajstić information content (AvgIpc) is 3.50. The van der Waals surface area contributed by atoms with Crippen LogP contribution in [0.25, 0.3) is 0 Å². The molecule has 0 N–H and O–H groups in total. The van der Waals surface area contributed by atoms with Crippen LogP contribution in [0.15, 0.2) is 240 Å². The number of carbonyl (C=O) groups is 6. The van der Waals surface area contributed by atoms with E-state index in [0.717, 1.165) is 36.5 Å². The van der Waals surface area contributed by atoms with Gasteiger partial charge in [0.25, 0.3) is 0 Å². The van der Waals surface area contributed by atoms with Crippen LogP contribution in [0.5, 0.6) is 69.0 Å². The molecular weight excluding hydrogens is 1370 g/mol. The van der Waals surface area contributed by atoms with E-state index in [1.165, 1.54) is 0 Å². The summed E-state index contributed by atoms with van der Waals surface area (Å²) >= 11 is -12.0. The minimum absolute atomic E-state index is 0.221. The Morgan fingerprint density at radius 2 is 0.358 bits per heavy atom. The molecule has 7 aromatic rings. The van der Waals surface area contributed by atoms with E-state index >= 15 is 0 Å². The van der Waals surface area contributed by atoms with Gasteiger partial charge in [-0.25, -0.2) is 0 Å². The predicted molar refractivity (Wildman–Crippen MR) is 300 cm³/mol. The van der Waals surface area contributed by atoms with E-state index in [1.54, 1.807) is 146 Å². The molecule has 0 unspecified atom stereocenters. The fourth-order valence-electron chi connectivity index (χ4n) is 6.20. The molecule has 0 aromatic heterocycles. The molecule has 0 amide bonds. The molecular formula is C60H45O18Sb3. The maximum atomic E-state index is 12.1. The van der Waals surface area contributed by atoms with Gasteiger partial charge in [-0.3, -0.25) is 0 Å². The van der Waals surface area contributed by atoms with Crippen molar-refractivity contribution in [2.24, 2.45) is 0 Å². The van der Waals surface area contributed by atoms with Crippen molar-refractivity contribution in [3.05, 3.63) is 240 Å². The summed E-state index contributed by atoms with van der Waals surface area (Å²) < 4.78 is 74.7. The third kappa shape index (κ3) is 18.6. The first-order valence-electron chi connectivity index (χ1n) is 23.5. The standard InChI is InChI=1S/6C9H8O3.C6H3.3Sb/c6*1-2-9(11)12-8-5-3-7(10)4-6-8;1-2-4-6-5-3-1;;;/h6*2-6,10H,1H2;1,4-5H;;;/q;;;;;;;3*+2/p-6. The molecule has 0 saturated heterocycles. The van der Waals surface area contributed by atoms with Crippen molar-refractivity contribution in [3.63, 3.8) is 0 Å². The van der Waals surface area contributed by atoms with Crippen LogP contribution in [-0.2, 0) is 28.8 Å². The van der Waals surface area contributed by atoms with Crippen LogP contribution < -0.4 is 57.0 Å². The summed E-state index contributed by atoms with van der Waals surface area (Å²) in [5, 5.41) is 0. The van der Waals surface area contributed by atoms with Gasteiger partial charge in [-0.05, 0) is 0 Å². The quantitative estimate of drug-likeness (QED) is 0.0208. The normalized spacial score (nSPS) is 10.4. The SMILES string of the molecule is C=CC(=O)Oc1ccc([O][Sb]([O]c2ccc(OC(=O)C=C)cc2)[c]2c[c]([Sb]([O]c3ccc(OC(=O)C=C)cc3)[O]c3ccc(OC(=O)C=C)cc3)c[c]([Sb]([O]c3ccc(OC(=O)C=C)cc3)[O]c3ccc(OC(=O)C=C)cc3)c2)cc1. The van der Waals surface area contributed by atoms with Crippen LogP contribution in [0.1, 0.15) is 0 Å². The second-order valence-corrected chi connectivity index (χ2v) is 27.6. The van der Waals surface area contributed by atoms with E-state index in [4.69, 9.17) is 46.5 Å². The Morgan fingerprint density at radius 3 is 0.481 bits per heavy atom. The number of benzene rings is 7. The summed E-state index contributed by atoms with van der Waals surface area (Å²) in [5.74, 6) is -0.674. The molecule has 7 aromatic carbocycles. The molecule has 0 saturated carbocycles. The molecule has 0 atom stereocenters. The van der Waals surface area contributed by atoms with Gasteiger partial charge in [-0.1, -0.05) is 0 Å². The number of rotatable bonds is 27. The first kappa shape index (κ1) is 59.7. The second kappa shape index (κ2) is 29.9. The van der Waals surface area contributed by atoms with Gasteiger partial charge in [0.2, 0.25) is 0 Å². The van der Waals surface area contributed by atoms with Crippen LogP contribution in [0.3, 0.4) is 0 Å². The number of esters is 6. The van der Waals surface area contributed by atoms with Gasteiger partial charge in [0.05, 0.1) is 0 Å². The van der Waals surface area contributed by atoms with Crippen molar-refractivity contribution >= 4 is 109 Å². The fourth-order valence-corrected chi connectivity index (χ4v) is 20.6. The zero-order valence-electron chi connectivity index (χ0n) is 42.5. The molecule has 18 nitrogen and oxygen atoms in total. The van der Waals surface area contributed by atoms with E-state index in [-0.39, 0.29) is 34.5 Å². The van der Waals surface area contributed by atoms with Crippen molar-refractivity contribution in [3.8, 4) is 69.0 Å². The molecule has 0 bridgehead atoms. The van der Waals surface area contributed by atoms with E-state index in [2.05, 4.69) is 39.5 Å². The van der Waals surface area contributed by atoms with Crippen molar-refractivity contribution in [2.45, 2.75) is 0 Å². The Balaban J connectivity index is 1.42. The van der Waals surface area contributed by atoms with Crippen molar-refractivity contribution in [1.82, 2.24) is 0 Å². The molecule has 0 fully saturated rings. The van der Waals surface area contributed by atoms with Crippen LogP contribution in [0.4, 0.5) is 0 Å². The van der Waals surface area contributed by atoms with Gasteiger partial charge in [0.1, 0.15) is 0 Å². The van der Waals surface area contributed by atoms with Crippen LogP contribution in [0.2, 0.25) is 0 Å². The number of hydrogen-bond acceptors (Lipinski definition) is 18. The number of carbonyl (C=O) groups excluding carboxylic acids is 6.